The van der Waals surface area contributed by atoms with E-state index in [2.05, 4.69) is 36.3 Å². The Kier molecular flexibility index (Phi) is 3.22. The topological polar surface area (TPSA) is 34.2 Å². The lowest BCUT2D eigenvalue weighted by Crippen LogP contribution is -2.18. The van der Waals surface area contributed by atoms with Crippen LogP contribution in [0.4, 0.5) is 5.13 Å². The molecule has 3 rings (SSSR count). The van der Waals surface area contributed by atoms with Crippen LogP contribution in [-0.2, 0) is 4.74 Å². The molecule has 0 spiro atoms. The highest BCUT2D eigenvalue weighted by Gasteiger charge is 2.15. The normalized spacial score (nSPS) is 19.6. The smallest absolute Gasteiger partial charge is 0.183 e. The van der Waals surface area contributed by atoms with E-state index in [4.69, 9.17) is 4.74 Å². The van der Waals surface area contributed by atoms with Crippen LogP contribution in [0.15, 0.2) is 12.1 Å². The predicted molar refractivity (Wildman–Crippen MR) is 76.6 cm³/mol. The number of nitrogens with zero attached hydrogens (tertiary/aromatic N) is 1. The van der Waals surface area contributed by atoms with Gasteiger partial charge in [0.2, 0.25) is 0 Å². The fraction of sp³-hybridized carbons (Fsp3) is 0.500. The van der Waals surface area contributed by atoms with Crippen LogP contribution in [0.2, 0.25) is 0 Å². The number of fused-ring (bicyclic) bond motifs is 1. The van der Waals surface area contributed by atoms with Gasteiger partial charge in [0.25, 0.3) is 0 Å². The molecule has 4 heteroatoms. The Morgan fingerprint density at radius 2 is 2.22 bits per heavy atom. The van der Waals surface area contributed by atoms with Crippen molar-refractivity contribution >= 4 is 26.7 Å². The first kappa shape index (κ1) is 11.9. The van der Waals surface area contributed by atoms with Crippen molar-refractivity contribution in [2.24, 2.45) is 0 Å². The molecule has 0 saturated carbocycles. The lowest BCUT2D eigenvalue weighted by Gasteiger charge is -2.08. The van der Waals surface area contributed by atoms with Crippen LogP contribution >= 0.6 is 11.3 Å². The Bertz CT molecular complexity index is 519. The van der Waals surface area contributed by atoms with Crippen LogP contribution in [0.1, 0.15) is 24.0 Å². The quantitative estimate of drug-likeness (QED) is 0.919. The van der Waals surface area contributed by atoms with Crippen LogP contribution in [-0.4, -0.2) is 24.2 Å². The van der Waals surface area contributed by atoms with Gasteiger partial charge >= 0.3 is 0 Å². The molecule has 1 aliphatic rings. The van der Waals surface area contributed by atoms with Crippen molar-refractivity contribution in [2.75, 3.05) is 18.5 Å². The van der Waals surface area contributed by atoms with E-state index in [-0.39, 0.29) is 0 Å². The van der Waals surface area contributed by atoms with Crippen molar-refractivity contribution in [3.8, 4) is 0 Å². The molecule has 18 heavy (non-hydrogen) atoms. The summed E-state index contributed by atoms with van der Waals surface area (Å²) in [6.45, 7) is 6.06. The van der Waals surface area contributed by atoms with Crippen molar-refractivity contribution in [3.05, 3.63) is 23.3 Å². The first-order chi connectivity index (χ1) is 8.72. The van der Waals surface area contributed by atoms with Crippen LogP contribution in [0.5, 0.6) is 0 Å². The summed E-state index contributed by atoms with van der Waals surface area (Å²) in [6, 6.07) is 4.39. The van der Waals surface area contributed by atoms with Gasteiger partial charge in [-0.25, -0.2) is 4.98 Å². The van der Waals surface area contributed by atoms with Gasteiger partial charge in [0.15, 0.2) is 5.13 Å². The Morgan fingerprint density at radius 3 is 3.00 bits per heavy atom. The number of rotatable bonds is 3. The number of ether oxygens (including phenoxy) is 1. The van der Waals surface area contributed by atoms with Gasteiger partial charge in [0.1, 0.15) is 0 Å². The molecule has 0 unspecified atom stereocenters. The van der Waals surface area contributed by atoms with E-state index in [1.807, 2.05) is 0 Å². The number of aryl methyl sites for hydroxylation is 2. The third-order valence-corrected chi connectivity index (χ3v) is 4.48. The molecule has 0 radical (unpaired) electrons. The van der Waals surface area contributed by atoms with Crippen molar-refractivity contribution in [3.63, 3.8) is 0 Å². The van der Waals surface area contributed by atoms with Crippen molar-refractivity contribution in [1.82, 2.24) is 4.98 Å². The van der Waals surface area contributed by atoms with Crippen LogP contribution in [0, 0.1) is 13.8 Å². The van der Waals surface area contributed by atoms with Gasteiger partial charge < -0.3 is 10.1 Å². The zero-order chi connectivity index (χ0) is 12.5. The van der Waals surface area contributed by atoms with Gasteiger partial charge in [-0.05, 0) is 49.9 Å². The van der Waals surface area contributed by atoms with E-state index in [9.17, 15) is 0 Å². The molecule has 96 valence electrons. The molecule has 1 saturated heterocycles. The van der Waals surface area contributed by atoms with Crippen molar-refractivity contribution in [2.45, 2.75) is 32.8 Å². The van der Waals surface area contributed by atoms with E-state index < -0.39 is 0 Å². The van der Waals surface area contributed by atoms with E-state index in [1.165, 1.54) is 22.2 Å². The molecule has 1 aliphatic heterocycles. The summed E-state index contributed by atoms with van der Waals surface area (Å²) in [6.07, 6.45) is 2.71. The number of hydrogen-bond acceptors (Lipinski definition) is 4. The molecular weight excluding hydrogens is 244 g/mol. The second kappa shape index (κ2) is 4.86. The highest BCUT2D eigenvalue weighted by Crippen LogP contribution is 2.28. The van der Waals surface area contributed by atoms with Gasteiger partial charge in [-0.3, -0.25) is 0 Å². The first-order valence-corrected chi connectivity index (χ1v) is 7.27. The van der Waals surface area contributed by atoms with Gasteiger partial charge in [-0.2, -0.15) is 0 Å². The lowest BCUT2D eigenvalue weighted by atomic mass is 10.1. The average Bonchev–Trinajstić information content (AvgIpc) is 2.96. The second-order valence-corrected chi connectivity index (χ2v) is 5.97. The summed E-state index contributed by atoms with van der Waals surface area (Å²) < 4.78 is 6.86. The maximum Gasteiger partial charge on any atom is 0.183 e. The Labute approximate surface area is 111 Å². The monoisotopic (exact) mass is 262 g/mol. The van der Waals surface area contributed by atoms with E-state index in [0.717, 1.165) is 30.2 Å². The number of aromatic nitrogens is 1. The lowest BCUT2D eigenvalue weighted by molar-refractivity contribution is 0.120. The maximum atomic E-state index is 5.60. The zero-order valence-corrected chi connectivity index (χ0v) is 11.6. The number of benzene rings is 1. The first-order valence-electron chi connectivity index (χ1n) is 6.45. The van der Waals surface area contributed by atoms with Crippen LogP contribution in [0.25, 0.3) is 10.2 Å². The Balaban J connectivity index is 1.76. The van der Waals surface area contributed by atoms with Gasteiger partial charge in [0.05, 0.1) is 16.3 Å². The third kappa shape index (κ3) is 2.35. The number of nitrogens with one attached hydrogen (secondary N) is 1. The summed E-state index contributed by atoms with van der Waals surface area (Å²) in [5.41, 5.74) is 3.73. The fourth-order valence-corrected chi connectivity index (χ4v) is 3.21. The predicted octanol–water partition coefficient (Wildman–Crippen LogP) is 3.50. The van der Waals surface area contributed by atoms with Gasteiger partial charge in [-0.15, -0.1) is 0 Å². The summed E-state index contributed by atoms with van der Waals surface area (Å²) in [5, 5.41) is 4.40. The molecule has 0 bridgehead atoms. The molecule has 1 atom stereocenters. The van der Waals surface area contributed by atoms with Crippen LogP contribution in [0.3, 0.4) is 0 Å². The molecule has 0 aliphatic carbocycles. The summed E-state index contributed by atoms with van der Waals surface area (Å²) in [5.74, 6) is 0. The highest BCUT2D eigenvalue weighted by atomic mass is 32.1. The summed E-state index contributed by atoms with van der Waals surface area (Å²) >= 11 is 1.73. The van der Waals surface area contributed by atoms with E-state index in [0.29, 0.717) is 6.10 Å². The fourth-order valence-electron chi connectivity index (χ4n) is 2.26. The minimum absolute atomic E-state index is 0.362. The highest BCUT2D eigenvalue weighted by molar-refractivity contribution is 7.22. The number of thiazole rings is 1. The molecule has 2 aromatic rings. The van der Waals surface area contributed by atoms with E-state index in [1.54, 1.807) is 11.3 Å². The molecule has 0 amide bonds. The SMILES string of the molecule is Cc1cc2nc(NC[C@H]3CCCO3)sc2cc1C. The Morgan fingerprint density at radius 1 is 1.39 bits per heavy atom. The van der Waals surface area contributed by atoms with Crippen molar-refractivity contribution in [1.29, 1.82) is 0 Å². The third-order valence-electron chi connectivity index (χ3n) is 3.51. The number of hydrogen-bond donors (Lipinski definition) is 1. The largest absolute Gasteiger partial charge is 0.376 e. The Hall–Kier alpha value is -1.13. The van der Waals surface area contributed by atoms with E-state index >= 15 is 0 Å². The van der Waals surface area contributed by atoms with Crippen molar-refractivity contribution < 1.29 is 4.74 Å². The second-order valence-electron chi connectivity index (χ2n) is 4.94. The minimum atomic E-state index is 0.362. The molecule has 1 fully saturated rings. The minimum Gasteiger partial charge on any atom is -0.376 e. The summed E-state index contributed by atoms with van der Waals surface area (Å²) in [4.78, 5) is 4.63. The van der Waals surface area contributed by atoms with Gasteiger partial charge in [-0.1, -0.05) is 11.3 Å². The molecule has 1 aromatic carbocycles. The van der Waals surface area contributed by atoms with Crippen LogP contribution < -0.4 is 5.32 Å². The maximum absolute atomic E-state index is 5.60. The zero-order valence-electron chi connectivity index (χ0n) is 10.8. The molecule has 1 aromatic heterocycles. The standard InChI is InChI=1S/C14H18N2OS/c1-9-6-12-13(7-10(9)2)18-14(16-12)15-8-11-4-3-5-17-11/h6-7,11H,3-5,8H2,1-2H3,(H,15,16)/t11-/m1/s1. The average molecular weight is 262 g/mol. The molecule has 1 N–H and O–H groups in total. The summed E-state index contributed by atoms with van der Waals surface area (Å²) in [7, 11) is 0. The number of anilines is 1. The molecular formula is C14H18N2OS. The van der Waals surface area contributed by atoms with Gasteiger partial charge in [0, 0.05) is 13.2 Å². The molecule has 2 heterocycles. The molecule has 3 nitrogen and oxygen atoms in total.